The van der Waals surface area contributed by atoms with E-state index in [2.05, 4.69) is 0 Å². The van der Waals surface area contributed by atoms with Crippen molar-refractivity contribution >= 4 is 16.0 Å². The Labute approximate surface area is 154 Å². The third-order valence-corrected chi connectivity index (χ3v) is 6.76. The average Bonchev–Trinajstić information content (AvgIpc) is 2.62. The molecule has 1 saturated heterocycles. The van der Waals surface area contributed by atoms with E-state index in [9.17, 15) is 13.2 Å². The van der Waals surface area contributed by atoms with Crippen LogP contribution in [-0.2, 0) is 14.8 Å². The number of sulfonamides is 1. The van der Waals surface area contributed by atoms with Crippen LogP contribution in [0.3, 0.4) is 0 Å². The molecule has 1 heterocycles. The standard InChI is InChI=1S/C20H23NO4S/c1-15-8-9-19(16(2)14-15)26(23,24)21-12-10-17(11-13-21)20(22)25-18-6-4-3-5-7-18/h3-9,14,17H,10-13H2,1-2H3. The van der Waals surface area contributed by atoms with Gasteiger partial charge in [-0.2, -0.15) is 4.31 Å². The number of carbonyl (C=O) groups is 1. The fraction of sp³-hybridized carbons (Fsp3) is 0.350. The lowest BCUT2D eigenvalue weighted by Gasteiger charge is -2.30. The Bertz CT molecular complexity index is 885. The van der Waals surface area contributed by atoms with E-state index >= 15 is 0 Å². The molecule has 2 aromatic carbocycles. The molecule has 138 valence electrons. The monoisotopic (exact) mass is 373 g/mol. The van der Waals surface area contributed by atoms with E-state index in [-0.39, 0.29) is 11.9 Å². The van der Waals surface area contributed by atoms with Crippen LogP contribution in [0.5, 0.6) is 5.75 Å². The van der Waals surface area contributed by atoms with Gasteiger partial charge in [0.15, 0.2) is 0 Å². The fourth-order valence-electron chi connectivity index (χ4n) is 3.25. The molecule has 0 spiro atoms. The Balaban J connectivity index is 1.65. The molecule has 0 atom stereocenters. The van der Waals surface area contributed by atoms with Crippen molar-refractivity contribution in [3.05, 3.63) is 59.7 Å². The van der Waals surface area contributed by atoms with E-state index in [1.54, 1.807) is 18.2 Å². The largest absolute Gasteiger partial charge is 0.426 e. The Morgan fingerprint density at radius 1 is 1.04 bits per heavy atom. The van der Waals surface area contributed by atoms with Crippen LogP contribution < -0.4 is 4.74 Å². The predicted molar refractivity (Wildman–Crippen MR) is 99.5 cm³/mol. The summed E-state index contributed by atoms with van der Waals surface area (Å²) in [5, 5.41) is 0. The second kappa shape index (κ2) is 7.60. The molecule has 0 saturated carbocycles. The Hall–Kier alpha value is -2.18. The highest BCUT2D eigenvalue weighted by molar-refractivity contribution is 7.89. The quantitative estimate of drug-likeness (QED) is 0.609. The molecule has 0 N–H and O–H groups in total. The smallest absolute Gasteiger partial charge is 0.314 e. The number of piperidine rings is 1. The average molecular weight is 373 g/mol. The molecule has 6 heteroatoms. The number of carbonyl (C=O) groups excluding carboxylic acids is 1. The molecule has 2 aromatic rings. The molecule has 5 nitrogen and oxygen atoms in total. The van der Waals surface area contributed by atoms with Crippen molar-refractivity contribution in [3.63, 3.8) is 0 Å². The highest BCUT2D eigenvalue weighted by atomic mass is 32.2. The van der Waals surface area contributed by atoms with Gasteiger partial charge in [0.25, 0.3) is 0 Å². The van der Waals surface area contributed by atoms with Gasteiger partial charge in [-0.25, -0.2) is 8.42 Å². The SMILES string of the molecule is Cc1ccc(S(=O)(=O)N2CCC(C(=O)Oc3ccccc3)CC2)c(C)c1. The first-order chi connectivity index (χ1) is 12.4. The first-order valence-corrected chi connectivity index (χ1v) is 10.2. The first-order valence-electron chi connectivity index (χ1n) is 8.72. The lowest BCUT2D eigenvalue weighted by molar-refractivity contribution is -0.140. The number of nitrogens with zero attached hydrogens (tertiary/aromatic N) is 1. The minimum atomic E-state index is -3.54. The van der Waals surface area contributed by atoms with E-state index in [0.29, 0.717) is 36.6 Å². The molecule has 0 radical (unpaired) electrons. The Kier molecular flexibility index (Phi) is 5.44. The van der Waals surface area contributed by atoms with Crippen molar-refractivity contribution in [1.82, 2.24) is 4.31 Å². The van der Waals surface area contributed by atoms with E-state index in [0.717, 1.165) is 11.1 Å². The van der Waals surface area contributed by atoms with Gasteiger partial charge in [-0.3, -0.25) is 4.79 Å². The second-order valence-electron chi connectivity index (χ2n) is 6.68. The molecule has 3 rings (SSSR count). The van der Waals surface area contributed by atoms with Gasteiger partial charge in [0.2, 0.25) is 10.0 Å². The van der Waals surface area contributed by atoms with Crippen LogP contribution in [0.1, 0.15) is 24.0 Å². The summed E-state index contributed by atoms with van der Waals surface area (Å²) in [6.45, 7) is 4.39. The summed E-state index contributed by atoms with van der Waals surface area (Å²) in [5.41, 5.74) is 1.78. The molecule has 0 bridgehead atoms. The van der Waals surface area contributed by atoms with Gasteiger partial charge in [0.05, 0.1) is 10.8 Å². The number of benzene rings is 2. The number of ether oxygens (including phenoxy) is 1. The molecule has 1 fully saturated rings. The maximum Gasteiger partial charge on any atom is 0.314 e. The summed E-state index contributed by atoms with van der Waals surface area (Å²) in [5.74, 6) is -0.0524. The van der Waals surface area contributed by atoms with Crippen LogP contribution in [0.2, 0.25) is 0 Å². The maximum absolute atomic E-state index is 12.9. The summed E-state index contributed by atoms with van der Waals surface area (Å²) in [6, 6.07) is 14.3. The van der Waals surface area contributed by atoms with E-state index in [1.807, 2.05) is 44.2 Å². The van der Waals surface area contributed by atoms with Crippen LogP contribution in [0.4, 0.5) is 0 Å². The van der Waals surface area contributed by atoms with Crippen molar-refractivity contribution in [1.29, 1.82) is 0 Å². The molecule has 0 aromatic heterocycles. The lowest BCUT2D eigenvalue weighted by Crippen LogP contribution is -2.41. The number of esters is 1. The number of hydrogen-bond donors (Lipinski definition) is 0. The topological polar surface area (TPSA) is 63.7 Å². The number of para-hydroxylation sites is 1. The van der Waals surface area contributed by atoms with E-state index in [1.165, 1.54) is 4.31 Å². The van der Waals surface area contributed by atoms with Crippen molar-refractivity contribution in [2.45, 2.75) is 31.6 Å². The minimum absolute atomic E-state index is 0.277. The molecule has 1 aliphatic rings. The lowest BCUT2D eigenvalue weighted by atomic mass is 9.98. The highest BCUT2D eigenvalue weighted by Gasteiger charge is 2.33. The van der Waals surface area contributed by atoms with Gasteiger partial charge in [-0.05, 0) is 50.5 Å². The summed E-state index contributed by atoms with van der Waals surface area (Å²) in [7, 11) is -3.54. The van der Waals surface area contributed by atoms with E-state index in [4.69, 9.17) is 4.74 Å². The minimum Gasteiger partial charge on any atom is -0.426 e. The fourth-order valence-corrected chi connectivity index (χ4v) is 4.92. The Morgan fingerprint density at radius 3 is 2.31 bits per heavy atom. The van der Waals surface area contributed by atoms with Crippen LogP contribution in [0.15, 0.2) is 53.4 Å². The summed E-state index contributed by atoms with van der Waals surface area (Å²) in [6.07, 6.45) is 0.936. The highest BCUT2D eigenvalue weighted by Crippen LogP contribution is 2.27. The van der Waals surface area contributed by atoms with Gasteiger partial charge in [0, 0.05) is 13.1 Å². The van der Waals surface area contributed by atoms with Crippen LogP contribution in [-0.4, -0.2) is 31.8 Å². The van der Waals surface area contributed by atoms with E-state index < -0.39 is 10.0 Å². The van der Waals surface area contributed by atoms with Crippen LogP contribution in [0, 0.1) is 19.8 Å². The number of aryl methyl sites for hydroxylation is 2. The van der Waals surface area contributed by atoms with Crippen molar-refractivity contribution in [2.24, 2.45) is 5.92 Å². The molecule has 0 aliphatic carbocycles. The normalized spacial score (nSPS) is 16.4. The van der Waals surface area contributed by atoms with Gasteiger partial charge >= 0.3 is 5.97 Å². The first kappa shape index (κ1) is 18.6. The Morgan fingerprint density at radius 2 is 1.69 bits per heavy atom. The van der Waals surface area contributed by atoms with Crippen LogP contribution >= 0.6 is 0 Å². The van der Waals surface area contributed by atoms with Gasteiger partial charge in [0.1, 0.15) is 5.75 Å². The summed E-state index contributed by atoms with van der Waals surface area (Å²) < 4.78 is 32.6. The predicted octanol–water partition coefficient (Wildman–Crippen LogP) is 3.31. The van der Waals surface area contributed by atoms with Crippen LogP contribution in [0.25, 0.3) is 0 Å². The molecule has 0 unspecified atom stereocenters. The van der Waals surface area contributed by atoms with Gasteiger partial charge < -0.3 is 4.74 Å². The molecule has 0 amide bonds. The number of rotatable bonds is 4. The molecular formula is C20H23NO4S. The maximum atomic E-state index is 12.9. The van der Waals surface area contributed by atoms with Gasteiger partial charge in [-0.1, -0.05) is 35.9 Å². The molecule has 1 aliphatic heterocycles. The second-order valence-corrected chi connectivity index (χ2v) is 8.59. The van der Waals surface area contributed by atoms with Crippen molar-refractivity contribution in [2.75, 3.05) is 13.1 Å². The van der Waals surface area contributed by atoms with Crippen molar-refractivity contribution < 1.29 is 17.9 Å². The van der Waals surface area contributed by atoms with Gasteiger partial charge in [-0.15, -0.1) is 0 Å². The summed E-state index contributed by atoms with van der Waals surface area (Å²) >= 11 is 0. The zero-order valence-electron chi connectivity index (χ0n) is 15.0. The third-order valence-electron chi connectivity index (χ3n) is 4.70. The zero-order valence-corrected chi connectivity index (χ0v) is 15.8. The summed E-state index contributed by atoms with van der Waals surface area (Å²) in [4.78, 5) is 12.6. The van der Waals surface area contributed by atoms with Crippen molar-refractivity contribution in [3.8, 4) is 5.75 Å². The molecule has 26 heavy (non-hydrogen) atoms. The zero-order chi connectivity index (χ0) is 18.7. The number of hydrogen-bond acceptors (Lipinski definition) is 4. The third kappa shape index (κ3) is 3.97. The molecular weight excluding hydrogens is 350 g/mol.